The lowest BCUT2D eigenvalue weighted by Crippen LogP contribution is -2.63. The van der Waals surface area contributed by atoms with Crippen molar-refractivity contribution in [1.29, 1.82) is 0 Å². The van der Waals surface area contributed by atoms with Crippen molar-refractivity contribution in [3.63, 3.8) is 0 Å². The molecule has 5 atom stereocenters. The maximum Gasteiger partial charge on any atom is 0.303 e. The van der Waals surface area contributed by atoms with E-state index >= 15 is 0 Å². The Kier molecular flexibility index (Phi) is 11.6. The zero-order valence-corrected chi connectivity index (χ0v) is 24.4. The number of carbonyl (C=O) groups excluding carboxylic acids is 5. The van der Waals surface area contributed by atoms with Crippen molar-refractivity contribution in [2.75, 3.05) is 13.2 Å². The van der Waals surface area contributed by atoms with Crippen molar-refractivity contribution in [2.24, 2.45) is 0 Å². The number of hydrogen-bond acceptors (Lipinski definition) is 11. The van der Waals surface area contributed by atoms with Crippen LogP contribution in [0.25, 0.3) is 11.1 Å². The summed E-state index contributed by atoms with van der Waals surface area (Å²) in [5.74, 6) is -3.41. The molecule has 1 aliphatic rings. The number of hydrogen-bond donors (Lipinski definition) is 1. The normalized spacial score (nSPS) is 21.2. The molecule has 43 heavy (non-hydrogen) atoms. The number of rotatable bonds is 11. The zero-order chi connectivity index (χ0) is 31.7. The molecule has 1 N–H and O–H groups in total. The molecule has 0 aliphatic carbocycles. The first-order valence-electron chi connectivity index (χ1n) is 13.4. The summed E-state index contributed by atoms with van der Waals surface area (Å²) < 4.78 is 47.7. The van der Waals surface area contributed by atoms with Crippen LogP contribution in [0.4, 0.5) is 4.39 Å². The number of ether oxygens (including phenoxy) is 6. The Morgan fingerprint density at radius 2 is 1.47 bits per heavy atom. The Hall–Kier alpha value is -4.52. The molecule has 2 aromatic rings. The molecule has 2 aromatic carbocycles. The van der Waals surface area contributed by atoms with Crippen LogP contribution in [0.3, 0.4) is 0 Å². The van der Waals surface area contributed by atoms with E-state index < -0.39 is 67.0 Å². The largest absolute Gasteiger partial charge is 0.463 e. The third-order valence-electron chi connectivity index (χ3n) is 6.19. The van der Waals surface area contributed by atoms with Gasteiger partial charge < -0.3 is 33.7 Å². The van der Waals surface area contributed by atoms with Crippen LogP contribution in [0.15, 0.2) is 42.5 Å². The van der Waals surface area contributed by atoms with Crippen molar-refractivity contribution < 1.29 is 56.8 Å². The summed E-state index contributed by atoms with van der Waals surface area (Å²) in [6.07, 6.45) is -6.35. The lowest BCUT2D eigenvalue weighted by Gasteiger charge is -2.43. The highest BCUT2D eigenvalue weighted by Gasteiger charge is 2.53. The van der Waals surface area contributed by atoms with Crippen LogP contribution in [-0.2, 0) is 54.1 Å². The SMILES string of the molecule is CC(=O)NCCc1ccc(O[C@H]2O[C@H](COC(C)=O)[C@@H](OC(C)=O)[C@H](OC(C)=O)[C@@H]2OC(C)=O)cc1-c1cccc(F)c1. The van der Waals surface area contributed by atoms with Crippen LogP contribution in [0, 0.1) is 5.82 Å². The van der Waals surface area contributed by atoms with Gasteiger partial charge in [-0.2, -0.15) is 0 Å². The Labute approximate surface area is 247 Å². The molecule has 0 unspecified atom stereocenters. The molecule has 0 spiro atoms. The van der Waals surface area contributed by atoms with E-state index in [-0.39, 0.29) is 11.7 Å². The van der Waals surface area contributed by atoms with Crippen molar-refractivity contribution in [3.05, 3.63) is 53.8 Å². The number of carbonyl (C=O) groups is 5. The first-order chi connectivity index (χ1) is 20.3. The molecular formula is C30H34FNO11. The van der Waals surface area contributed by atoms with Crippen LogP contribution in [0.2, 0.25) is 0 Å². The molecule has 0 aromatic heterocycles. The molecule has 1 aliphatic heterocycles. The molecule has 0 bridgehead atoms. The van der Waals surface area contributed by atoms with Gasteiger partial charge >= 0.3 is 23.9 Å². The third kappa shape index (κ3) is 9.77. The second kappa shape index (κ2) is 15.1. The van der Waals surface area contributed by atoms with E-state index in [1.54, 1.807) is 30.3 Å². The molecule has 232 valence electrons. The Bertz CT molecular complexity index is 1350. The van der Waals surface area contributed by atoms with Gasteiger partial charge in [-0.25, -0.2) is 4.39 Å². The van der Waals surface area contributed by atoms with Crippen LogP contribution < -0.4 is 10.1 Å². The second-order valence-corrected chi connectivity index (χ2v) is 9.75. The minimum Gasteiger partial charge on any atom is -0.463 e. The minimum absolute atomic E-state index is 0.198. The Morgan fingerprint density at radius 3 is 2.07 bits per heavy atom. The van der Waals surface area contributed by atoms with Gasteiger partial charge in [0.25, 0.3) is 0 Å². The monoisotopic (exact) mass is 603 g/mol. The van der Waals surface area contributed by atoms with Crippen LogP contribution >= 0.6 is 0 Å². The van der Waals surface area contributed by atoms with Crippen molar-refractivity contribution in [3.8, 4) is 16.9 Å². The van der Waals surface area contributed by atoms with Crippen molar-refractivity contribution in [2.45, 2.75) is 71.7 Å². The topological polar surface area (TPSA) is 153 Å². The maximum absolute atomic E-state index is 14.2. The average molecular weight is 604 g/mol. The molecule has 1 amide bonds. The van der Waals surface area contributed by atoms with Gasteiger partial charge in [-0.15, -0.1) is 0 Å². The minimum atomic E-state index is -1.44. The summed E-state index contributed by atoms with van der Waals surface area (Å²) in [6.45, 7) is 5.86. The quantitative estimate of drug-likeness (QED) is 0.298. The number of esters is 4. The molecule has 0 radical (unpaired) electrons. The van der Waals surface area contributed by atoms with Crippen LogP contribution in [0.1, 0.15) is 40.2 Å². The fourth-order valence-corrected chi connectivity index (χ4v) is 4.56. The molecule has 13 heteroatoms. The smallest absolute Gasteiger partial charge is 0.303 e. The second-order valence-electron chi connectivity index (χ2n) is 9.75. The molecule has 0 saturated carbocycles. The highest BCUT2D eigenvalue weighted by Crippen LogP contribution is 2.34. The lowest BCUT2D eigenvalue weighted by atomic mass is 9.96. The molecule has 1 heterocycles. The molecule has 3 rings (SSSR count). The highest BCUT2D eigenvalue weighted by atomic mass is 19.1. The predicted octanol–water partition coefficient (Wildman–Crippen LogP) is 2.63. The van der Waals surface area contributed by atoms with Crippen molar-refractivity contribution >= 4 is 29.8 Å². The fraction of sp³-hybridized carbons (Fsp3) is 0.433. The molecular weight excluding hydrogens is 569 g/mol. The summed E-state index contributed by atoms with van der Waals surface area (Å²) in [4.78, 5) is 59.1. The van der Waals surface area contributed by atoms with Gasteiger partial charge in [0.05, 0.1) is 0 Å². The van der Waals surface area contributed by atoms with Gasteiger partial charge in [0.2, 0.25) is 18.3 Å². The van der Waals surface area contributed by atoms with Gasteiger partial charge in [-0.1, -0.05) is 18.2 Å². The van der Waals surface area contributed by atoms with Crippen LogP contribution in [0.5, 0.6) is 5.75 Å². The first-order valence-corrected chi connectivity index (χ1v) is 13.4. The molecule has 12 nitrogen and oxygen atoms in total. The van der Waals surface area contributed by atoms with Gasteiger partial charge in [-0.05, 0) is 47.4 Å². The standard InChI is InChI=1S/C30H34FNO11/c1-16(33)32-12-11-21-9-10-24(14-25(21)22-7-6-8-23(31)13-22)42-30-29(41-20(5)37)28(40-19(4)36)27(39-18(3)35)26(43-30)15-38-17(2)34/h6-10,13-14,26-30H,11-12,15H2,1-5H3,(H,32,33)/t26-,27-,28+,29+,30+/m1/s1. The highest BCUT2D eigenvalue weighted by molar-refractivity contribution is 5.73. The van der Waals surface area contributed by atoms with Gasteiger partial charge in [-0.3, -0.25) is 24.0 Å². The van der Waals surface area contributed by atoms with E-state index in [2.05, 4.69) is 5.32 Å². The molecule has 1 fully saturated rings. The summed E-state index contributed by atoms with van der Waals surface area (Å²) in [7, 11) is 0. The van der Waals surface area contributed by atoms with E-state index in [0.29, 0.717) is 24.1 Å². The van der Waals surface area contributed by atoms with E-state index in [1.807, 2.05) is 0 Å². The van der Waals surface area contributed by atoms with Gasteiger partial charge in [0.1, 0.15) is 24.3 Å². The number of amides is 1. The third-order valence-corrected chi connectivity index (χ3v) is 6.19. The summed E-state index contributed by atoms with van der Waals surface area (Å²) in [5, 5.41) is 2.73. The number of halogens is 1. The fourth-order valence-electron chi connectivity index (χ4n) is 4.56. The zero-order valence-electron chi connectivity index (χ0n) is 24.4. The Balaban J connectivity index is 2.04. The van der Waals surface area contributed by atoms with Crippen LogP contribution in [-0.4, -0.2) is 73.6 Å². The van der Waals surface area contributed by atoms with Gasteiger partial charge in [0, 0.05) is 41.2 Å². The summed E-state index contributed by atoms with van der Waals surface area (Å²) in [6, 6.07) is 10.8. The number of benzene rings is 2. The predicted molar refractivity (Wildman–Crippen MR) is 147 cm³/mol. The summed E-state index contributed by atoms with van der Waals surface area (Å²) in [5.41, 5.74) is 1.89. The summed E-state index contributed by atoms with van der Waals surface area (Å²) >= 11 is 0. The van der Waals surface area contributed by atoms with E-state index in [1.165, 1.54) is 26.0 Å². The van der Waals surface area contributed by atoms with Crippen molar-refractivity contribution in [1.82, 2.24) is 5.32 Å². The first kappa shape index (κ1) is 33.0. The number of nitrogens with one attached hydrogen (secondary N) is 1. The molecule has 1 saturated heterocycles. The maximum atomic E-state index is 14.2. The average Bonchev–Trinajstić information content (AvgIpc) is 2.90. The van der Waals surface area contributed by atoms with Gasteiger partial charge in [0.15, 0.2) is 12.2 Å². The van der Waals surface area contributed by atoms with E-state index in [9.17, 15) is 28.4 Å². The van der Waals surface area contributed by atoms with E-state index in [4.69, 9.17) is 28.4 Å². The van der Waals surface area contributed by atoms with E-state index in [0.717, 1.165) is 26.3 Å². The Morgan fingerprint density at radius 1 is 0.814 bits per heavy atom. The lowest BCUT2D eigenvalue weighted by molar-refractivity contribution is -0.288.